The smallest absolute Gasteiger partial charge is 0.407 e. The highest BCUT2D eigenvalue weighted by molar-refractivity contribution is 9.10. The number of hydrogen-bond donors (Lipinski definition) is 1. The van der Waals surface area contributed by atoms with Gasteiger partial charge >= 0.3 is 6.09 Å². The lowest BCUT2D eigenvalue weighted by Crippen LogP contribution is -2.23. The van der Waals surface area contributed by atoms with Crippen molar-refractivity contribution in [3.05, 3.63) is 94.5 Å². The van der Waals surface area contributed by atoms with Crippen LogP contribution in [-0.4, -0.2) is 6.09 Å². The molecule has 26 heavy (non-hydrogen) atoms. The maximum atomic E-state index is 11.9. The number of benzene rings is 3. The van der Waals surface area contributed by atoms with Gasteiger partial charge in [0.25, 0.3) is 0 Å². The Morgan fingerprint density at radius 1 is 0.923 bits per heavy atom. The third kappa shape index (κ3) is 5.36. The van der Waals surface area contributed by atoms with Crippen LogP contribution in [0.3, 0.4) is 0 Å². The molecular formula is C21H18BrNO3. The number of carbonyl (C=O) groups is 1. The van der Waals surface area contributed by atoms with Crippen LogP contribution in [0.25, 0.3) is 0 Å². The number of para-hydroxylation sites is 1. The van der Waals surface area contributed by atoms with Gasteiger partial charge in [0.1, 0.15) is 18.1 Å². The molecular weight excluding hydrogens is 394 g/mol. The number of alkyl carbamates (subject to hydrolysis) is 1. The lowest BCUT2D eigenvalue weighted by atomic mass is 10.2. The van der Waals surface area contributed by atoms with E-state index in [1.54, 1.807) is 0 Å². The molecule has 0 aliphatic rings. The highest BCUT2D eigenvalue weighted by Gasteiger charge is 2.09. The average molecular weight is 412 g/mol. The Morgan fingerprint density at radius 2 is 1.62 bits per heavy atom. The van der Waals surface area contributed by atoms with Gasteiger partial charge in [-0.1, -0.05) is 70.5 Å². The summed E-state index contributed by atoms with van der Waals surface area (Å²) in [5, 5.41) is 2.76. The average Bonchev–Trinajstić information content (AvgIpc) is 2.67. The fourth-order valence-electron chi connectivity index (χ4n) is 2.33. The summed E-state index contributed by atoms with van der Waals surface area (Å²) in [5.74, 6) is 1.41. The van der Waals surface area contributed by atoms with Gasteiger partial charge in [0, 0.05) is 16.6 Å². The summed E-state index contributed by atoms with van der Waals surface area (Å²) in [4.78, 5) is 11.9. The van der Waals surface area contributed by atoms with Gasteiger partial charge in [0.2, 0.25) is 0 Å². The lowest BCUT2D eigenvalue weighted by molar-refractivity contribution is 0.139. The minimum absolute atomic E-state index is 0.236. The van der Waals surface area contributed by atoms with E-state index in [2.05, 4.69) is 21.2 Å². The number of rotatable bonds is 6. The van der Waals surface area contributed by atoms with Crippen LogP contribution in [0, 0.1) is 0 Å². The van der Waals surface area contributed by atoms with Gasteiger partial charge in [-0.15, -0.1) is 0 Å². The van der Waals surface area contributed by atoms with Gasteiger partial charge in [-0.05, 0) is 29.8 Å². The Hall–Kier alpha value is -2.79. The summed E-state index contributed by atoms with van der Waals surface area (Å²) in [5.41, 5.74) is 1.80. The molecule has 0 aliphatic carbocycles. The Labute approximate surface area is 160 Å². The molecule has 0 radical (unpaired) electrons. The molecule has 0 heterocycles. The topological polar surface area (TPSA) is 47.6 Å². The molecule has 3 aromatic carbocycles. The first kappa shape index (κ1) is 18.0. The Kier molecular flexibility index (Phi) is 6.28. The monoisotopic (exact) mass is 411 g/mol. The van der Waals surface area contributed by atoms with E-state index in [1.807, 2.05) is 78.9 Å². The molecule has 0 bridgehead atoms. The molecule has 0 spiro atoms. The second-order valence-corrected chi connectivity index (χ2v) is 6.50. The minimum atomic E-state index is -0.470. The predicted octanol–water partition coefficient (Wildman–Crippen LogP) is 5.67. The first-order valence-electron chi connectivity index (χ1n) is 8.16. The van der Waals surface area contributed by atoms with Gasteiger partial charge < -0.3 is 14.8 Å². The molecule has 0 aromatic heterocycles. The van der Waals surface area contributed by atoms with E-state index in [0.29, 0.717) is 12.3 Å². The van der Waals surface area contributed by atoms with Crippen molar-refractivity contribution in [2.75, 3.05) is 0 Å². The summed E-state index contributed by atoms with van der Waals surface area (Å²) in [6.45, 7) is 0.545. The second kappa shape index (κ2) is 9.06. The highest BCUT2D eigenvalue weighted by atomic mass is 79.9. The molecule has 3 rings (SSSR count). The minimum Gasteiger partial charge on any atom is -0.457 e. The lowest BCUT2D eigenvalue weighted by Gasteiger charge is -2.13. The van der Waals surface area contributed by atoms with Crippen LogP contribution in [0.1, 0.15) is 11.1 Å². The third-order valence-electron chi connectivity index (χ3n) is 3.64. The van der Waals surface area contributed by atoms with Crippen molar-refractivity contribution in [1.82, 2.24) is 5.32 Å². The van der Waals surface area contributed by atoms with Gasteiger partial charge in [-0.2, -0.15) is 0 Å². The molecule has 0 unspecified atom stereocenters. The summed E-state index contributed by atoms with van der Waals surface area (Å²) < 4.78 is 12.1. The fourth-order valence-corrected chi connectivity index (χ4v) is 2.67. The number of hydrogen-bond acceptors (Lipinski definition) is 3. The molecule has 0 aliphatic heterocycles. The molecule has 1 amide bonds. The van der Waals surface area contributed by atoms with E-state index in [1.165, 1.54) is 0 Å². The van der Waals surface area contributed by atoms with Crippen LogP contribution in [-0.2, 0) is 17.9 Å². The van der Waals surface area contributed by atoms with Crippen molar-refractivity contribution in [3.63, 3.8) is 0 Å². The third-order valence-corrected chi connectivity index (χ3v) is 4.13. The van der Waals surface area contributed by atoms with E-state index in [9.17, 15) is 4.79 Å². The van der Waals surface area contributed by atoms with E-state index in [-0.39, 0.29) is 6.61 Å². The van der Waals surface area contributed by atoms with Gasteiger partial charge in [0.05, 0.1) is 0 Å². The van der Waals surface area contributed by atoms with Crippen molar-refractivity contribution < 1.29 is 14.3 Å². The van der Waals surface area contributed by atoms with Crippen LogP contribution in [0.5, 0.6) is 11.5 Å². The number of carbonyl (C=O) groups excluding carboxylic acids is 1. The SMILES string of the molecule is O=C(NCc1ccc(Br)cc1Oc1ccccc1)OCc1ccccc1. The maximum Gasteiger partial charge on any atom is 0.407 e. The molecule has 0 fully saturated rings. The quantitative estimate of drug-likeness (QED) is 0.568. The van der Waals surface area contributed by atoms with Crippen molar-refractivity contribution in [3.8, 4) is 11.5 Å². The number of halogens is 1. The van der Waals surface area contributed by atoms with Gasteiger partial charge in [-0.3, -0.25) is 0 Å². The van der Waals surface area contributed by atoms with E-state index >= 15 is 0 Å². The largest absolute Gasteiger partial charge is 0.457 e. The first-order chi connectivity index (χ1) is 12.7. The molecule has 1 N–H and O–H groups in total. The highest BCUT2D eigenvalue weighted by Crippen LogP contribution is 2.28. The summed E-state index contributed by atoms with van der Waals surface area (Å²) in [6, 6.07) is 24.8. The summed E-state index contributed by atoms with van der Waals surface area (Å²) in [6.07, 6.45) is -0.470. The second-order valence-electron chi connectivity index (χ2n) is 5.58. The number of ether oxygens (including phenoxy) is 2. The van der Waals surface area contributed by atoms with Crippen molar-refractivity contribution in [1.29, 1.82) is 0 Å². The molecule has 0 saturated carbocycles. The van der Waals surface area contributed by atoms with Crippen LogP contribution < -0.4 is 10.1 Å². The number of amides is 1. The van der Waals surface area contributed by atoms with Gasteiger partial charge in [0.15, 0.2) is 0 Å². The van der Waals surface area contributed by atoms with E-state index < -0.39 is 6.09 Å². The van der Waals surface area contributed by atoms with Crippen molar-refractivity contribution in [2.24, 2.45) is 0 Å². The molecule has 0 atom stereocenters. The fraction of sp³-hybridized carbons (Fsp3) is 0.0952. The normalized spacial score (nSPS) is 10.2. The van der Waals surface area contributed by atoms with E-state index in [0.717, 1.165) is 21.3 Å². The van der Waals surface area contributed by atoms with E-state index in [4.69, 9.17) is 9.47 Å². The van der Waals surface area contributed by atoms with Crippen LogP contribution in [0.4, 0.5) is 4.79 Å². The number of nitrogens with one attached hydrogen (secondary N) is 1. The Morgan fingerprint density at radius 3 is 2.35 bits per heavy atom. The zero-order chi connectivity index (χ0) is 18.2. The van der Waals surface area contributed by atoms with Crippen LogP contribution in [0.15, 0.2) is 83.3 Å². The van der Waals surface area contributed by atoms with Crippen LogP contribution in [0.2, 0.25) is 0 Å². The molecule has 0 saturated heterocycles. The summed E-state index contributed by atoms with van der Waals surface area (Å²) >= 11 is 3.45. The standard InChI is InChI=1S/C21H18BrNO3/c22-18-12-11-17(20(13-18)26-19-9-5-2-6-10-19)14-23-21(24)25-15-16-7-3-1-4-8-16/h1-13H,14-15H2,(H,23,24). The first-order valence-corrected chi connectivity index (χ1v) is 8.96. The molecule has 5 heteroatoms. The maximum absolute atomic E-state index is 11.9. The van der Waals surface area contributed by atoms with Crippen molar-refractivity contribution in [2.45, 2.75) is 13.2 Å². The van der Waals surface area contributed by atoms with Crippen LogP contribution >= 0.6 is 15.9 Å². The molecule has 4 nitrogen and oxygen atoms in total. The Bertz CT molecular complexity index is 854. The Balaban J connectivity index is 1.59. The zero-order valence-corrected chi connectivity index (χ0v) is 15.6. The van der Waals surface area contributed by atoms with Crippen molar-refractivity contribution >= 4 is 22.0 Å². The molecule has 132 valence electrons. The summed E-state index contributed by atoms with van der Waals surface area (Å²) in [7, 11) is 0. The zero-order valence-electron chi connectivity index (χ0n) is 14.0. The predicted molar refractivity (Wildman–Crippen MR) is 104 cm³/mol. The molecule has 3 aromatic rings. The van der Waals surface area contributed by atoms with Gasteiger partial charge in [-0.25, -0.2) is 4.79 Å².